The van der Waals surface area contributed by atoms with Crippen molar-refractivity contribution in [2.45, 2.75) is 17.4 Å². The molecule has 0 bridgehead atoms. The molecule has 0 spiro atoms. The average Bonchev–Trinajstić information content (AvgIpc) is 3.31. The molecule has 1 N–H and O–H groups in total. The van der Waals surface area contributed by atoms with Crippen molar-refractivity contribution in [2.24, 2.45) is 0 Å². The monoisotopic (exact) mass is 369 g/mol. The van der Waals surface area contributed by atoms with Gasteiger partial charge in [0.15, 0.2) is 11.5 Å². The highest BCUT2D eigenvalue weighted by molar-refractivity contribution is 8.00. The predicted molar refractivity (Wildman–Crippen MR) is 96.2 cm³/mol. The van der Waals surface area contributed by atoms with Gasteiger partial charge in [-0.2, -0.15) is 0 Å². The summed E-state index contributed by atoms with van der Waals surface area (Å²) in [5.74, 6) is 1.54. The minimum atomic E-state index is -0.413. The van der Waals surface area contributed by atoms with Crippen molar-refractivity contribution in [3.8, 4) is 23.0 Å². The molecule has 0 radical (unpaired) electrons. The Bertz CT molecular complexity index is 929. The third kappa shape index (κ3) is 3.50. The molecule has 2 heterocycles. The lowest BCUT2D eigenvalue weighted by atomic mass is 10.2. The maximum atomic E-state index is 12.4. The molecule has 1 aliphatic heterocycles. The molecular weight excluding hydrogens is 354 g/mol. The molecular formula is C18H15N3O4S. The number of carbonyl (C=O) groups excluding carboxylic acids is 1. The van der Waals surface area contributed by atoms with Crippen molar-refractivity contribution in [3.63, 3.8) is 0 Å². The van der Waals surface area contributed by atoms with Crippen LogP contribution in [0, 0.1) is 0 Å². The van der Waals surface area contributed by atoms with Crippen LogP contribution < -0.4 is 14.8 Å². The second-order valence-electron chi connectivity index (χ2n) is 5.56. The lowest BCUT2D eigenvalue weighted by molar-refractivity contribution is -0.115. The molecule has 0 saturated heterocycles. The van der Waals surface area contributed by atoms with Crippen LogP contribution in [0.5, 0.6) is 11.5 Å². The van der Waals surface area contributed by atoms with E-state index >= 15 is 0 Å². The summed E-state index contributed by atoms with van der Waals surface area (Å²) >= 11 is 1.20. The largest absolute Gasteiger partial charge is 0.454 e. The minimum absolute atomic E-state index is 0.173. The van der Waals surface area contributed by atoms with Gasteiger partial charge < -0.3 is 19.2 Å². The second-order valence-corrected chi connectivity index (χ2v) is 6.85. The summed E-state index contributed by atoms with van der Waals surface area (Å²) < 4.78 is 16.2. The molecule has 0 fully saturated rings. The number of hydrogen-bond donors (Lipinski definition) is 1. The third-order valence-electron chi connectivity index (χ3n) is 3.71. The third-order valence-corrected chi connectivity index (χ3v) is 4.65. The Balaban J connectivity index is 1.39. The summed E-state index contributed by atoms with van der Waals surface area (Å²) in [6.07, 6.45) is 0. The number of thioether (sulfide) groups is 1. The molecule has 132 valence electrons. The average molecular weight is 369 g/mol. The first-order valence-corrected chi connectivity index (χ1v) is 8.83. The van der Waals surface area contributed by atoms with Crippen LogP contribution in [0.25, 0.3) is 11.5 Å². The number of ether oxygens (including phenoxy) is 2. The van der Waals surface area contributed by atoms with Crippen molar-refractivity contribution in [2.75, 3.05) is 12.1 Å². The Hall–Kier alpha value is -3.00. The summed E-state index contributed by atoms with van der Waals surface area (Å²) in [6, 6.07) is 14.7. The van der Waals surface area contributed by atoms with Crippen molar-refractivity contribution >= 4 is 23.4 Å². The van der Waals surface area contributed by atoms with E-state index in [4.69, 9.17) is 13.9 Å². The van der Waals surface area contributed by atoms with Crippen LogP contribution in [0.2, 0.25) is 0 Å². The summed E-state index contributed by atoms with van der Waals surface area (Å²) in [7, 11) is 0. The van der Waals surface area contributed by atoms with Gasteiger partial charge in [-0.1, -0.05) is 30.0 Å². The molecule has 0 saturated carbocycles. The summed E-state index contributed by atoms with van der Waals surface area (Å²) in [5.41, 5.74) is 1.48. The van der Waals surface area contributed by atoms with Crippen molar-refractivity contribution < 1.29 is 18.7 Å². The maximum absolute atomic E-state index is 12.4. The standard InChI is InChI=1S/C18H15N3O4S/c1-11(16(22)19-13-7-8-14-15(9-13)24-10-23-14)26-18-21-20-17(25-18)12-5-3-2-4-6-12/h2-9,11H,10H2,1H3,(H,19,22)/t11-/m1/s1. The Labute approximate surface area is 153 Å². The fourth-order valence-electron chi connectivity index (χ4n) is 2.38. The van der Waals surface area contributed by atoms with Crippen molar-refractivity contribution in [3.05, 3.63) is 48.5 Å². The number of rotatable bonds is 5. The van der Waals surface area contributed by atoms with E-state index in [9.17, 15) is 4.79 Å². The zero-order valence-corrected chi connectivity index (χ0v) is 14.7. The van der Waals surface area contributed by atoms with Gasteiger partial charge in [0.25, 0.3) is 5.22 Å². The van der Waals surface area contributed by atoms with Crippen LogP contribution in [0.4, 0.5) is 5.69 Å². The van der Waals surface area contributed by atoms with E-state index in [1.54, 1.807) is 25.1 Å². The summed E-state index contributed by atoms with van der Waals surface area (Å²) in [4.78, 5) is 12.4. The van der Waals surface area contributed by atoms with Gasteiger partial charge in [-0.15, -0.1) is 10.2 Å². The van der Waals surface area contributed by atoms with Crippen LogP contribution in [0.1, 0.15) is 6.92 Å². The van der Waals surface area contributed by atoms with Gasteiger partial charge in [-0.3, -0.25) is 4.79 Å². The maximum Gasteiger partial charge on any atom is 0.277 e. The Kier molecular flexibility index (Phi) is 4.49. The van der Waals surface area contributed by atoms with Crippen LogP contribution in [-0.2, 0) is 4.79 Å². The highest BCUT2D eigenvalue weighted by Gasteiger charge is 2.20. The van der Waals surface area contributed by atoms with Gasteiger partial charge in [-0.25, -0.2) is 0 Å². The molecule has 2 aromatic carbocycles. The zero-order valence-electron chi connectivity index (χ0n) is 13.8. The first-order valence-electron chi connectivity index (χ1n) is 7.95. The lowest BCUT2D eigenvalue weighted by Gasteiger charge is -2.10. The molecule has 8 heteroatoms. The van der Waals surface area contributed by atoms with Gasteiger partial charge in [0.1, 0.15) is 0 Å². The zero-order chi connectivity index (χ0) is 17.9. The number of benzene rings is 2. The van der Waals surface area contributed by atoms with E-state index in [0.717, 1.165) is 5.56 Å². The Morgan fingerprint density at radius 2 is 1.92 bits per heavy atom. The molecule has 1 aliphatic rings. The van der Waals surface area contributed by atoms with Crippen LogP contribution in [-0.4, -0.2) is 28.1 Å². The minimum Gasteiger partial charge on any atom is -0.454 e. The fraction of sp³-hybridized carbons (Fsp3) is 0.167. The normalized spacial score (nSPS) is 13.4. The molecule has 7 nitrogen and oxygen atoms in total. The van der Waals surface area contributed by atoms with E-state index in [1.165, 1.54) is 11.8 Å². The first-order chi connectivity index (χ1) is 12.7. The number of nitrogens with zero attached hydrogens (tertiary/aromatic N) is 2. The van der Waals surface area contributed by atoms with Crippen LogP contribution in [0.3, 0.4) is 0 Å². The molecule has 0 aliphatic carbocycles. The number of aromatic nitrogens is 2. The van der Waals surface area contributed by atoms with E-state index < -0.39 is 5.25 Å². The second kappa shape index (κ2) is 7.09. The summed E-state index contributed by atoms with van der Waals surface area (Å²) in [6.45, 7) is 1.97. The number of anilines is 1. The number of hydrogen-bond acceptors (Lipinski definition) is 7. The van der Waals surface area contributed by atoms with Crippen molar-refractivity contribution in [1.82, 2.24) is 10.2 Å². The fourth-order valence-corrected chi connectivity index (χ4v) is 3.06. The van der Waals surface area contributed by atoms with E-state index in [2.05, 4.69) is 15.5 Å². The highest BCUT2D eigenvalue weighted by Crippen LogP contribution is 2.34. The lowest BCUT2D eigenvalue weighted by Crippen LogP contribution is -2.22. The van der Waals surface area contributed by atoms with Gasteiger partial charge in [0.2, 0.25) is 18.6 Å². The molecule has 3 aromatic rings. The van der Waals surface area contributed by atoms with Crippen molar-refractivity contribution in [1.29, 1.82) is 0 Å². The van der Waals surface area contributed by atoms with Crippen LogP contribution >= 0.6 is 11.8 Å². The summed E-state index contributed by atoms with van der Waals surface area (Å²) in [5, 5.41) is 10.8. The molecule has 1 atom stereocenters. The number of fused-ring (bicyclic) bond motifs is 1. The number of nitrogens with one attached hydrogen (secondary N) is 1. The predicted octanol–water partition coefficient (Wildman–Crippen LogP) is 3.58. The Morgan fingerprint density at radius 1 is 1.12 bits per heavy atom. The highest BCUT2D eigenvalue weighted by atomic mass is 32.2. The van der Waals surface area contributed by atoms with Gasteiger partial charge >= 0.3 is 0 Å². The molecule has 4 rings (SSSR count). The van der Waals surface area contributed by atoms with Gasteiger partial charge in [0.05, 0.1) is 5.25 Å². The number of carbonyl (C=O) groups is 1. The Morgan fingerprint density at radius 3 is 2.77 bits per heavy atom. The van der Waals surface area contributed by atoms with Gasteiger partial charge in [0, 0.05) is 17.3 Å². The van der Waals surface area contributed by atoms with E-state index in [1.807, 2.05) is 30.3 Å². The quantitative estimate of drug-likeness (QED) is 0.688. The first kappa shape index (κ1) is 16.5. The molecule has 0 unspecified atom stereocenters. The smallest absolute Gasteiger partial charge is 0.277 e. The molecule has 1 amide bonds. The SMILES string of the molecule is C[C@@H](Sc1nnc(-c2ccccc2)o1)C(=O)Nc1ccc2c(c1)OCO2. The van der Waals surface area contributed by atoms with E-state index in [-0.39, 0.29) is 12.7 Å². The number of amides is 1. The topological polar surface area (TPSA) is 86.5 Å². The van der Waals surface area contributed by atoms with E-state index in [0.29, 0.717) is 28.3 Å². The molecule has 1 aromatic heterocycles. The van der Waals surface area contributed by atoms with Gasteiger partial charge in [-0.05, 0) is 31.2 Å². The van der Waals surface area contributed by atoms with Crippen LogP contribution in [0.15, 0.2) is 58.2 Å². The molecule has 26 heavy (non-hydrogen) atoms.